The number of rotatable bonds is 1. The molecule has 1 saturated carbocycles. The molecule has 1 aromatic heterocycles. The van der Waals surface area contributed by atoms with Crippen molar-refractivity contribution in [1.82, 2.24) is 15.0 Å². The van der Waals surface area contributed by atoms with Gasteiger partial charge in [0.15, 0.2) is 5.69 Å². The van der Waals surface area contributed by atoms with E-state index in [1.807, 2.05) is 6.07 Å². The van der Waals surface area contributed by atoms with Crippen LogP contribution in [0.15, 0.2) is 6.20 Å². The third-order valence-electron chi connectivity index (χ3n) is 2.66. The lowest BCUT2D eigenvalue weighted by Crippen LogP contribution is -2.27. The van der Waals surface area contributed by atoms with Gasteiger partial charge in [0.25, 0.3) is 0 Å². The standard InChI is InChI=1S/C9H12N4O/c10-5-7-6-13(12-11-7)8-3-1-2-4-9(8)14/h6,8-9,14H,1-4H2. The smallest absolute Gasteiger partial charge is 0.182 e. The number of aromatic nitrogens is 3. The number of aliphatic hydroxyl groups is 1. The molecule has 1 aliphatic rings. The molecule has 5 nitrogen and oxygen atoms in total. The average molecular weight is 192 g/mol. The lowest BCUT2D eigenvalue weighted by Gasteiger charge is -2.26. The minimum Gasteiger partial charge on any atom is -0.391 e. The Hall–Kier alpha value is -1.41. The molecule has 2 rings (SSSR count). The van der Waals surface area contributed by atoms with E-state index in [9.17, 15) is 5.11 Å². The molecule has 5 heteroatoms. The molecular formula is C9H12N4O. The molecule has 74 valence electrons. The Labute approximate surface area is 82.0 Å². The molecule has 0 spiro atoms. The van der Waals surface area contributed by atoms with E-state index in [1.54, 1.807) is 10.9 Å². The maximum absolute atomic E-state index is 9.73. The van der Waals surface area contributed by atoms with Gasteiger partial charge < -0.3 is 5.11 Å². The first-order valence-electron chi connectivity index (χ1n) is 4.81. The van der Waals surface area contributed by atoms with Gasteiger partial charge in [-0.05, 0) is 12.8 Å². The van der Waals surface area contributed by atoms with Crippen LogP contribution in [0.2, 0.25) is 0 Å². The van der Waals surface area contributed by atoms with Crippen LogP contribution in [-0.2, 0) is 0 Å². The molecule has 0 bridgehead atoms. The third kappa shape index (κ3) is 1.61. The van der Waals surface area contributed by atoms with E-state index in [-0.39, 0.29) is 12.1 Å². The fourth-order valence-electron chi connectivity index (χ4n) is 1.89. The zero-order valence-electron chi connectivity index (χ0n) is 7.80. The van der Waals surface area contributed by atoms with Crippen molar-refractivity contribution in [1.29, 1.82) is 5.26 Å². The molecule has 2 unspecified atom stereocenters. The van der Waals surface area contributed by atoms with Crippen molar-refractivity contribution in [3.05, 3.63) is 11.9 Å². The zero-order chi connectivity index (χ0) is 9.97. The summed E-state index contributed by atoms with van der Waals surface area (Å²) in [7, 11) is 0. The molecule has 0 aliphatic heterocycles. The lowest BCUT2D eigenvalue weighted by molar-refractivity contribution is 0.0685. The molecule has 0 amide bonds. The lowest BCUT2D eigenvalue weighted by atomic mass is 9.93. The largest absolute Gasteiger partial charge is 0.391 e. The first-order chi connectivity index (χ1) is 6.81. The second-order valence-corrected chi connectivity index (χ2v) is 3.61. The van der Waals surface area contributed by atoms with E-state index in [2.05, 4.69) is 10.3 Å². The summed E-state index contributed by atoms with van der Waals surface area (Å²) in [6.07, 6.45) is 5.14. The van der Waals surface area contributed by atoms with E-state index in [1.165, 1.54) is 0 Å². The Kier molecular flexibility index (Phi) is 2.46. The average Bonchev–Trinajstić information content (AvgIpc) is 2.67. The summed E-state index contributed by atoms with van der Waals surface area (Å²) in [5, 5.41) is 25.9. The van der Waals surface area contributed by atoms with Gasteiger partial charge in [0.1, 0.15) is 6.07 Å². The molecule has 0 radical (unpaired) electrons. The minimum absolute atomic E-state index is 0.00153. The SMILES string of the molecule is N#Cc1cn(C2CCCCC2O)nn1. The van der Waals surface area contributed by atoms with Crippen LogP contribution in [-0.4, -0.2) is 26.2 Å². The molecule has 1 N–H and O–H groups in total. The van der Waals surface area contributed by atoms with Crippen molar-refractivity contribution in [2.75, 3.05) is 0 Å². The first kappa shape index (κ1) is 9.16. The van der Waals surface area contributed by atoms with Crippen LogP contribution in [0.1, 0.15) is 37.4 Å². The highest BCUT2D eigenvalue weighted by Crippen LogP contribution is 2.27. The number of nitriles is 1. The maximum atomic E-state index is 9.73. The summed E-state index contributed by atoms with van der Waals surface area (Å²) in [5.74, 6) is 0. The van der Waals surface area contributed by atoms with Crippen molar-refractivity contribution in [2.45, 2.75) is 37.8 Å². The van der Waals surface area contributed by atoms with E-state index < -0.39 is 0 Å². The Bertz CT molecular complexity index is 354. The second-order valence-electron chi connectivity index (χ2n) is 3.61. The summed E-state index contributed by atoms with van der Waals surface area (Å²) >= 11 is 0. The zero-order valence-corrected chi connectivity index (χ0v) is 7.80. The van der Waals surface area contributed by atoms with E-state index in [4.69, 9.17) is 5.26 Å². The van der Waals surface area contributed by atoms with Crippen LogP contribution >= 0.6 is 0 Å². The molecule has 1 heterocycles. The predicted octanol–water partition coefficient (Wildman–Crippen LogP) is 0.626. The van der Waals surface area contributed by atoms with E-state index in [0.29, 0.717) is 5.69 Å². The first-order valence-corrected chi connectivity index (χ1v) is 4.81. The number of aliphatic hydroxyl groups excluding tert-OH is 1. The maximum Gasteiger partial charge on any atom is 0.182 e. The predicted molar refractivity (Wildman–Crippen MR) is 48.2 cm³/mol. The quantitative estimate of drug-likeness (QED) is 0.708. The fourth-order valence-corrected chi connectivity index (χ4v) is 1.89. The van der Waals surface area contributed by atoms with Crippen molar-refractivity contribution in [3.8, 4) is 6.07 Å². The summed E-state index contributed by atoms with van der Waals surface area (Å²) in [5.41, 5.74) is 0.308. The normalized spacial score (nSPS) is 27.1. The summed E-state index contributed by atoms with van der Waals surface area (Å²) in [4.78, 5) is 0. The van der Waals surface area contributed by atoms with Crippen LogP contribution in [0.25, 0.3) is 0 Å². The Morgan fingerprint density at radius 1 is 1.50 bits per heavy atom. The van der Waals surface area contributed by atoms with Crippen LogP contribution in [0.4, 0.5) is 0 Å². The molecule has 1 aromatic rings. The highest BCUT2D eigenvalue weighted by Gasteiger charge is 2.25. The van der Waals surface area contributed by atoms with Gasteiger partial charge >= 0.3 is 0 Å². The van der Waals surface area contributed by atoms with Crippen LogP contribution in [0, 0.1) is 11.3 Å². The Morgan fingerprint density at radius 2 is 2.29 bits per heavy atom. The van der Waals surface area contributed by atoms with Crippen molar-refractivity contribution in [3.63, 3.8) is 0 Å². The molecule has 2 atom stereocenters. The molecular weight excluding hydrogens is 180 g/mol. The van der Waals surface area contributed by atoms with Gasteiger partial charge in [0.05, 0.1) is 18.3 Å². The van der Waals surface area contributed by atoms with E-state index in [0.717, 1.165) is 25.7 Å². The van der Waals surface area contributed by atoms with Gasteiger partial charge in [0, 0.05) is 0 Å². The highest BCUT2D eigenvalue weighted by atomic mass is 16.3. The van der Waals surface area contributed by atoms with Gasteiger partial charge in [-0.25, -0.2) is 4.68 Å². The summed E-state index contributed by atoms with van der Waals surface area (Å²) in [6, 6.07) is 1.92. The van der Waals surface area contributed by atoms with Gasteiger partial charge in [-0.1, -0.05) is 18.1 Å². The number of hydrogen-bond donors (Lipinski definition) is 1. The second kappa shape index (κ2) is 3.76. The van der Waals surface area contributed by atoms with Gasteiger partial charge in [0.2, 0.25) is 0 Å². The van der Waals surface area contributed by atoms with Crippen LogP contribution in [0.3, 0.4) is 0 Å². The molecule has 1 fully saturated rings. The number of hydrogen-bond acceptors (Lipinski definition) is 4. The van der Waals surface area contributed by atoms with Crippen molar-refractivity contribution in [2.24, 2.45) is 0 Å². The minimum atomic E-state index is -0.350. The highest BCUT2D eigenvalue weighted by molar-refractivity contribution is 5.13. The van der Waals surface area contributed by atoms with E-state index >= 15 is 0 Å². The summed E-state index contributed by atoms with van der Waals surface area (Å²) < 4.78 is 1.61. The molecule has 0 aromatic carbocycles. The van der Waals surface area contributed by atoms with Gasteiger partial charge in [-0.3, -0.25) is 0 Å². The molecule has 0 saturated heterocycles. The van der Waals surface area contributed by atoms with Gasteiger partial charge in [-0.2, -0.15) is 5.26 Å². The van der Waals surface area contributed by atoms with Crippen molar-refractivity contribution < 1.29 is 5.11 Å². The topological polar surface area (TPSA) is 74.7 Å². The van der Waals surface area contributed by atoms with Crippen molar-refractivity contribution >= 4 is 0 Å². The third-order valence-corrected chi connectivity index (χ3v) is 2.66. The monoisotopic (exact) mass is 192 g/mol. The van der Waals surface area contributed by atoms with Crippen LogP contribution in [0.5, 0.6) is 0 Å². The summed E-state index contributed by atoms with van der Waals surface area (Å²) in [6.45, 7) is 0. The fraction of sp³-hybridized carbons (Fsp3) is 0.667. The molecule has 1 aliphatic carbocycles. The molecule has 14 heavy (non-hydrogen) atoms. The van der Waals surface area contributed by atoms with Crippen LogP contribution < -0.4 is 0 Å². The Balaban J connectivity index is 2.17. The Morgan fingerprint density at radius 3 is 2.93 bits per heavy atom. The van der Waals surface area contributed by atoms with Gasteiger partial charge in [-0.15, -0.1) is 5.10 Å². The number of nitrogens with zero attached hydrogens (tertiary/aromatic N) is 4.